The van der Waals surface area contributed by atoms with Gasteiger partial charge in [-0.05, 0) is 35.4 Å². The van der Waals surface area contributed by atoms with Gasteiger partial charge < -0.3 is 15.1 Å². The molecule has 0 aromatic heterocycles. The molecule has 2 aromatic rings. The Kier molecular flexibility index (Phi) is 5.83. The van der Waals surface area contributed by atoms with Crippen molar-refractivity contribution in [2.24, 2.45) is 0 Å². The Balaban J connectivity index is 2.30. The summed E-state index contributed by atoms with van der Waals surface area (Å²) in [5.41, 5.74) is 4.93. The molecule has 0 fully saturated rings. The fourth-order valence-electron chi connectivity index (χ4n) is 2.56. The van der Waals surface area contributed by atoms with Crippen molar-refractivity contribution in [3.8, 4) is 0 Å². The second kappa shape index (κ2) is 7.84. The van der Waals surface area contributed by atoms with E-state index in [0.29, 0.717) is 0 Å². The molecule has 3 heteroatoms. The highest BCUT2D eigenvalue weighted by Crippen LogP contribution is 2.25. The van der Waals surface area contributed by atoms with E-state index >= 15 is 0 Å². The van der Waals surface area contributed by atoms with Gasteiger partial charge in [0.05, 0.1) is 6.04 Å². The smallest absolute Gasteiger partial charge is 0.0579 e. The molecular formula is C20H27N3. The van der Waals surface area contributed by atoms with Crippen molar-refractivity contribution in [2.75, 3.05) is 44.5 Å². The van der Waals surface area contributed by atoms with E-state index in [2.05, 4.69) is 98.4 Å². The van der Waals surface area contributed by atoms with Gasteiger partial charge in [0.15, 0.2) is 0 Å². The van der Waals surface area contributed by atoms with Crippen molar-refractivity contribution in [3.05, 3.63) is 72.3 Å². The molecule has 0 spiro atoms. The Bertz CT molecular complexity index is 561. The fourth-order valence-corrected chi connectivity index (χ4v) is 2.56. The molecule has 3 nitrogen and oxygen atoms in total. The van der Waals surface area contributed by atoms with Gasteiger partial charge in [0.25, 0.3) is 0 Å². The zero-order chi connectivity index (χ0) is 16.8. The van der Waals surface area contributed by atoms with Gasteiger partial charge in [-0.1, -0.05) is 30.3 Å². The molecule has 2 rings (SSSR count). The quantitative estimate of drug-likeness (QED) is 0.787. The van der Waals surface area contributed by atoms with E-state index in [1.54, 1.807) is 0 Å². The number of benzene rings is 2. The average Bonchev–Trinajstić information content (AvgIpc) is 2.56. The van der Waals surface area contributed by atoms with Crippen LogP contribution < -0.4 is 15.1 Å². The van der Waals surface area contributed by atoms with Crippen molar-refractivity contribution in [1.82, 2.24) is 5.32 Å². The first-order valence-electron chi connectivity index (χ1n) is 7.91. The summed E-state index contributed by atoms with van der Waals surface area (Å²) >= 11 is 0. The SMILES string of the molecule is C=CCNC(c1ccc(N(C)C)cc1)c1ccc(N(C)C)cc1. The summed E-state index contributed by atoms with van der Waals surface area (Å²) in [7, 11) is 8.23. The predicted octanol–water partition coefficient (Wildman–Crippen LogP) is 3.68. The van der Waals surface area contributed by atoms with Gasteiger partial charge in [-0.25, -0.2) is 0 Å². The average molecular weight is 309 g/mol. The summed E-state index contributed by atoms with van der Waals surface area (Å²) in [5, 5.41) is 3.55. The van der Waals surface area contributed by atoms with Crippen molar-refractivity contribution in [1.29, 1.82) is 0 Å². The Morgan fingerprint density at radius 1 is 0.826 bits per heavy atom. The maximum atomic E-state index is 3.82. The van der Waals surface area contributed by atoms with Gasteiger partial charge in [-0.3, -0.25) is 0 Å². The van der Waals surface area contributed by atoms with Gasteiger partial charge >= 0.3 is 0 Å². The van der Waals surface area contributed by atoms with E-state index in [-0.39, 0.29) is 6.04 Å². The van der Waals surface area contributed by atoms with Crippen molar-refractivity contribution >= 4 is 11.4 Å². The van der Waals surface area contributed by atoms with Crippen molar-refractivity contribution < 1.29 is 0 Å². The summed E-state index contributed by atoms with van der Waals surface area (Å²) in [6.45, 7) is 4.59. The summed E-state index contributed by atoms with van der Waals surface area (Å²) in [6.07, 6.45) is 1.90. The molecule has 0 aliphatic rings. The van der Waals surface area contributed by atoms with E-state index in [0.717, 1.165) is 6.54 Å². The molecule has 0 saturated carbocycles. The second-order valence-electron chi connectivity index (χ2n) is 6.10. The molecule has 0 heterocycles. The Morgan fingerprint density at radius 2 is 1.22 bits per heavy atom. The van der Waals surface area contributed by atoms with Crippen LogP contribution >= 0.6 is 0 Å². The number of hydrogen-bond donors (Lipinski definition) is 1. The predicted molar refractivity (Wildman–Crippen MR) is 102 cm³/mol. The van der Waals surface area contributed by atoms with Crippen molar-refractivity contribution in [2.45, 2.75) is 6.04 Å². The van der Waals surface area contributed by atoms with Crippen LogP contribution in [-0.4, -0.2) is 34.7 Å². The number of nitrogens with zero attached hydrogens (tertiary/aromatic N) is 2. The first-order valence-corrected chi connectivity index (χ1v) is 7.91. The van der Waals surface area contributed by atoms with E-state index in [4.69, 9.17) is 0 Å². The van der Waals surface area contributed by atoms with Crippen LogP contribution in [0.3, 0.4) is 0 Å². The lowest BCUT2D eigenvalue weighted by Gasteiger charge is -2.21. The normalized spacial score (nSPS) is 10.7. The van der Waals surface area contributed by atoms with Crippen LogP contribution in [0.2, 0.25) is 0 Å². The minimum atomic E-state index is 0.167. The third kappa shape index (κ3) is 4.36. The summed E-state index contributed by atoms with van der Waals surface area (Å²) in [5.74, 6) is 0. The highest BCUT2D eigenvalue weighted by Gasteiger charge is 2.13. The molecule has 122 valence electrons. The van der Waals surface area contributed by atoms with Crippen LogP contribution in [-0.2, 0) is 0 Å². The topological polar surface area (TPSA) is 18.5 Å². The zero-order valence-electron chi connectivity index (χ0n) is 14.6. The number of anilines is 2. The van der Waals surface area contributed by atoms with Crippen LogP contribution in [0.5, 0.6) is 0 Å². The van der Waals surface area contributed by atoms with Gasteiger partial charge in [-0.15, -0.1) is 6.58 Å². The first kappa shape index (κ1) is 17.1. The zero-order valence-corrected chi connectivity index (χ0v) is 14.6. The summed E-state index contributed by atoms with van der Waals surface area (Å²) in [6, 6.07) is 17.6. The minimum Gasteiger partial charge on any atom is -0.378 e. The minimum absolute atomic E-state index is 0.167. The number of rotatable bonds is 7. The van der Waals surface area contributed by atoms with Crippen LogP contribution in [0, 0.1) is 0 Å². The molecule has 2 aromatic carbocycles. The molecule has 0 bridgehead atoms. The van der Waals surface area contributed by atoms with Gasteiger partial charge in [0.1, 0.15) is 0 Å². The summed E-state index contributed by atoms with van der Waals surface area (Å²) in [4.78, 5) is 4.23. The molecule has 0 unspecified atom stereocenters. The van der Waals surface area contributed by atoms with Crippen molar-refractivity contribution in [3.63, 3.8) is 0 Å². The molecule has 0 radical (unpaired) electrons. The van der Waals surface area contributed by atoms with Crippen LogP contribution in [0.4, 0.5) is 11.4 Å². The number of nitrogens with one attached hydrogen (secondary N) is 1. The fraction of sp³-hybridized carbons (Fsp3) is 0.300. The molecule has 23 heavy (non-hydrogen) atoms. The second-order valence-corrected chi connectivity index (χ2v) is 6.10. The Labute approximate surface area is 140 Å². The summed E-state index contributed by atoms with van der Waals surface area (Å²) < 4.78 is 0. The molecular weight excluding hydrogens is 282 g/mol. The lowest BCUT2D eigenvalue weighted by atomic mass is 9.98. The van der Waals surface area contributed by atoms with Crippen LogP contribution in [0.1, 0.15) is 17.2 Å². The monoisotopic (exact) mass is 309 g/mol. The lowest BCUT2D eigenvalue weighted by Crippen LogP contribution is -2.22. The third-order valence-electron chi connectivity index (χ3n) is 3.95. The first-order chi connectivity index (χ1) is 11.0. The van der Waals surface area contributed by atoms with E-state index in [1.807, 2.05) is 6.08 Å². The molecule has 0 aliphatic heterocycles. The standard InChI is InChI=1S/C20H27N3/c1-6-15-21-20(16-7-11-18(12-8-16)22(2)3)17-9-13-19(14-10-17)23(4)5/h6-14,20-21H,1,15H2,2-5H3. The Morgan fingerprint density at radius 3 is 1.52 bits per heavy atom. The van der Waals surface area contributed by atoms with Gasteiger partial charge in [-0.2, -0.15) is 0 Å². The molecule has 0 aliphatic carbocycles. The molecule has 1 N–H and O–H groups in total. The maximum Gasteiger partial charge on any atom is 0.0579 e. The van der Waals surface area contributed by atoms with E-state index in [9.17, 15) is 0 Å². The molecule has 0 saturated heterocycles. The van der Waals surface area contributed by atoms with Gasteiger partial charge in [0, 0.05) is 46.1 Å². The highest BCUT2D eigenvalue weighted by molar-refractivity contribution is 5.50. The van der Waals surface area contributed by atoms with Crippen LogP contribution in [0.25, 0.3) is 0 Å². The number of hydrogen-bond acceptors (Lipinski definition) is 3. The van der Waals surface area contributed by atoms with E-state index in [1.165, 1.54) is 22.5 Å². The molecule has 0 amide bonds. The van der Waals surface area contributed by atoms with Gasteiger partial charge in [0.2, 0.25) is 0 Å². The lowest BCUT2D eigenvalue weighted by molar-refractivity contribution is 0.653. The van der Waals surface area contributed by atoms with E-state index < -0.39 is 0 Å². The highest BCUT2D eigenvalue weighted by atomic mass is 15.1. The third-order valence-corrected chi connectivity index (χ3v) is 3.95. The Hall–Kier alpha value is -2.26. The molecule has 0 atom stereocenters. The largest absolute Gasteiger partial charge is 0.378 e. The van der Waals surface area contributed by atoms with Crippen LogP contribution in [0.15, 0.2) is 61.2 Å². The maximum absolute atomic E-state index is 3.82.